The molecule has 0 aliphatic rings. The average Bonchev–Trinajstić information content (AvgIpc) is 2.65. The van der Waals surface area contributed by atoms with Gasteiger partial charge in [0.05, 0.1) is 0 Å². The third kappa shape index (κ3) is 2.44. The first-order chi connectivity index (χ1) is 7.66. The summed E-state index contributed by atoms with van der Waals surface area (Å²) < 4.78 is 14.7. The minimum Gasteiger partial charge on any atom is -0.329 e. The van der Waals surface area contributed by atoms with Crippen molar-refractivity contribution in [2.45, 2.75) is 17.3 Å². The van der Waals surface area contributed by atoms with Gasteiger partial charge in [0.2, 0.25) is 0 Å². The van der Waals surface area contributed by atoms with E-state index >= 15 is 0 Å². The molecule has 0 unspecified atom stereocenters. The molecule has 2 nitrogen and oxygen atoms in total. The standard InChI is InChI=1S/C12H13FN2S/c1-9(10-3-5-11(13)6-4-10)16-12-14-7-8-15(12)2/h3-9H,1-2H3/t9-/m0/s1. The highest BCUT2D eigenvalue weighted by Gasteiger charge is 2.10. The molecular weight excluding hydrogens is 223 g/mol. The second-order valence-electron chi connectivity index (χ2n) is 3.63. The van der Waals surface area contributed by atoms with Crippen LogP contribution in [-0.2, 0) is 7.05 Å². The number of rotatable bonds is 3. The zero-order valence-corrected chi connectivity index (χ0v) is 10.0. The second kappa shape index (κ2) is 4.70. The summed E-state index contributed by atoms with van der Waals surface area (Å²) >= 11 is 1.67. The summed E-state index contributed by atoms with van der Waals surface area (Å²) in [5, 5.41) is 1.23. The Hall–Kier alpha value is -1.29. The van der Waals surface area contributed by atoms with E-state index in [0.717, 1.165) is 10.7 Å². The molecule has 0 saturated carbocycles. The highest BCUT2D eigenvalue weighted by atomic mass is 32.2. The molecule has 4 heteroatoms. The maximum atomic E-state index is 12.8. The Kier molecular flexibility index (Phi) is 3.29. The van der Waals surface area contributed by atoms with Gasteiger partial charge in [-0.25, -0.2) is 9.37 Å². The van der Waals surface area contributed by atoms with Gasteiger partial charge < -0.3 is 4.57 Å². The molecule has 0 spiro atoms. The summed E-state index contributed by atoms with van der Waals surface area (Å²) in [6.45, 7) is 2.09. The third-order valence-corrected chi connectivity index (χ3v) is 3.63. The van der Waals surface area contributed by atoms with Crippen LogP contribution in [0.3, 0.4) is 0 Å². The monoisotopic (exact) mass is 236 g/mol. The molecule has 2 rings (SSSR count). The molecule has 1 heterocycles. The van der Waals surface area contributed by atoms with Crippen molar-refractivity contribution in [3.8, 4) is 0 Å². The molecule has 0 N–H and O–H groups in total. The van der Waals surface area contributed by atoms with E-state index in [-0.39, 0.29) is 11.1 Å². The van der Waals surface area contributed by atoms with E-state index in [1.807, 2.05) is 29.9 Å². The van der Waals surface area contributed by atoms with E-state index in [2.05, 4.69) is 11.9 Å². The van der Waals surface area contributed by atoms with Crippen molar-refractivity contribution < 1.29 is 4.39 Å². The fraction of sp³-hybridized carbons (Fsp3) is 0.250. The largest absolute Gasteiger partial charge is 0.329 e. The van der Waals surface area contributed by atoms with E-state index in [9.17, 15) is 4.39 Å². The summed E-state index contributed by atoms with van der Waals surface area (Å²) in [5.74, 6) is -0.196. The minimum absolute atomic E-state index is 0.196. The Morgan fingerprint density at radius 1 is 1.31 bits per heavy atom. The Bertz CT molecular complexity index is 464. The smallest absolute Gasteiger partial charge is 0.168 e. The van der Waals surface area contributed by atoms with Crippen LogP contribution < -0.4 is 0 Å². The van der Waals surface area contributed by atoms with E-state index in [1.54, 1.807) is 18.0 Å². The van der Waals surface area contributed by atoms with Gasteiger partial charge in [0, 0.05) is 24.7 Å². The van der Waals surface area contributed by atoms with Crippen molar-refractivity contribution in [1.29, 1.82) is 0 Å². The van der Waals surface area contributed by atoms with Gasteiger partial charge in [0.25, 0.3) is 0 Å². The van der Waals surface area contributed by atoms with Crippen LogP contribution >= 0.6 is 11.8 Å². The van der Waals surface area contributed by atoms with Crippen LogP contribution in [0.1, 0.15) is 17.7 Å². The number of aryl methyl sites for hydroxylation is 1. The number of hydrogen-bond donors (Lipinski definition) is 0. The molecule has 0 bridgehead atoms. The van der Waals surface area contributed by atoms with Crippen molar-refractivity contribution in [3.63, 3.8) is 0 Å². The Morgan fingerprint density at radius 2 is 2.00 bits per heavy atom. The zero-order valence-electron chi connectivity index (χ0n) is 9.22. The first-order valence-corrected chi connectivity index (χ1v) is 5.94. The molecule has 84 valence electrons. The fourth-order valence-electron chi connectivity index (χ4n) is 1.43. The van der Waals surface area contributed by atoms with Gasteiger partial charge in [0.1, 0.15) is 5.82 Å². The van der Waals surface area contributed by atoms with Crippen LogP contribution in [0, 0.1) is 5.82 Å². The van der Waals surface area contributed by atoms with Crippen molar-refractivity contribution >= 4 is 11.8 Å². The lowest BCUT2D eigenvalue weighted by molar-refractivity contribution is 0.627. The molecule has 1 atom stereocenters. The zero-order chi connectivity index (χ0) is 11.5. The van der Waals surface area contributed by atoms with Crippen LogP contribution in [0.15, 0.2) is 41.8 Å². The van der Waals surface area contributed by atoms with Gasteiger partial charge in [-0.2, -0.15) is 0 Å². The lowest BCUT2D eigenvalue weighted by Gasteiger charge is -2.10. The van der Waals surface area contributed by atoms with Gasteiger partial charge in [-0.05, 0) is 24.6 Å². The molecule has 1 aromatic heterocycles. The number of thioether (sulfide) groups is 1. The molecule has 1 aromatic carbocycles. The Morgan fingerprint density at radius 3 is 2.56 bits per heavy atom. The molecule has 16 heavy (non-hydrogen) atoms. The SMILES string of the molecule is C[C@H](Sc1nccn1C)c1ccc(F)cc1. The van der Waals surface area contributed by atoms with Crippen LogP contribution in [0.2, 0.25) is 0 Å². The summed E-state index contributed by atoms with van der Waals surface area (Å²) in [7, 11) is 1.96. The number of imidazole rings is 1. The van der Waals surface area contributed by atoms with Gasteiger partial charge in [-0.3, -0.25) is 0 Å². The minimum atomic E-state index is -0.196. The van der Waals surface area contributed by atoms with Crippen LogP contribution in [0.4, 0.5) is 4.39 Å². The highest BCUT2D eigenvalue weighted by molar-refractivity contribution is 7.99. The summed E-state index contributed by atoms with van der Waals surface area (Å²) in [6.07, 6.45) is 3.69. The molecule has 0 radical (unpaired) electrons. The van der Waals surface area contributed by atoms with Gasteiger partial charge in [-0.15, -0.1) is 0 Å². The van der Waals surface area contributed by atoms with E-state index < -0.39 is 0 Å². The second-order valence-corrected chi connectivity index (χ2v) is 4.94. The maximum absolute atomic E-state index is 12.8. The van der Waals surface area contributed by atoms with Crippen LogP contribution in [-0.4, -0.2) is 9.55 Å². The van der Waals surface area contributed by atoms with Crippen molar-refractivity contribution in [2.75, 3.05) is 0 Å². The topological polar surface area (TPSA) is 17.8 Å². The fourth-order valence-corrected chi connectivity index (χ4v) is 2.38. The number of nitrogens with zero attached hydrogens (tertiary/aromatic N) is 2. The molecule has 0 saturated heterocycles. The van der Waals surface area contributed by atoms with Crippen LogP contribution in [0.5, 0.6) is 0 Å². The van der Waals surface area contributed by atoms with E-state index in [1.165, 1.54) is 12.1 Å². The number of hydrogen-bond acceptors (Lipinski definition) is 2. The number of benzene rings is 1. The van der Waals surface area contributed by atoms with Crippen molar-refractivity contribution in [2.24, 2.45) is 7.05 Å². The molecule has 0 amide bonds. The lowest BCUT2D eigenvalue weighted by Crippen LogP contribution is -1.93. The molecule has 2 aromatic rings. The van der Waals surface area contributed by atoms with Crippen molar-refractivity contribution in [1.82, 2.24) is 9.55 Å². The number of halogens is 1. The molecule has 0 fully saturated rings. The summed E-state index contributed by atoms with van der Waals surface area (Å²) in [6, 6.07) is 6.61. The maximum Gasteiger partial charge on any atom is 0.168 e. The average molecular weight is 236 g/mol. The predicted octanol–water partition coefficient (Wildman–Crippen LogP) is 3.41. The lowest BCUT2D eigenvalue weighted by atomic mass is 10.2. The Labute approximate surface area is 98.5 Å². The van der Waals surface area contributed by atoms with E-state index in [0.29, 0.717) is 0 Å². The predicted molar refractivity (Wildman–Crippen MR) is 63.9 cm³/mol. The van der Waals surface area contributed by atoms with Gasteiger partial charge in [0.15, 0.2) is 5.16 Å². The quantitative estimate of drug-likeness (QED) is 0.760. The summed E-state index contributed by atoms with van der Waals surface area (Å²) in [4.78, 5) is 4.25. The first-order valence-electron chi connectivity index (χ1n) is 5.06. The third-order valence-electron chi connectivity index (χ3n) is 2.40. The summed E-state index contributed by atoms with van der Waals surface area (Å²) in [5.41, 5.74) is 1.11. The van der Waals surface area contributed by atoms with Crippen LogP contribution in [0.25, 0.3) is 0 Å². The first kappa shape index (κ1) is 11.2. The van der Waals surface area contributed by atoms with Gasteiger partial charge in [-0.1, -0.05) is 23.9 Å². The highest BCUT2D eigenvalue weighted by Crippen LogP contribution is 2.33. The van der Waals surface area contributed by atoms with Crippen molar-refractivity contribution in [3.05, 3.63) is 48.0 Å². The molecular formula is C12H13FN2S. The van der Waals surface area contributed by atoms with Gasteiger partial charge >= 0.3 is 0 Å². The number of aromatic nitrogens is 2. The molecule has 0 aliphatic heterocycles. The molecule has 0 aliphatic carbocycles. The normalized spacial score (nSPS) is 12.7. The van der Waals surface area contributed by atoms with E-state index in [4.69, 9.17) is 0 Å². The Balaban J connectivity index is 2.11.